The summed E-state index contributed by atoms with van der Waals surface area (Å²) >= 11 is 0. The van der Waals surface area contributed by atoms with E-state index in [2.05, 4.69) is 17.3 Å². The molecule has 2 heterocycles. The van der Waals surface area contributed by atoms with Gasteiger partial charge < -0.3 is 5.32 Å². The van der Waals surface area contributed by atoms with Crippen molar-refractivity contribution >= 4 is 5.82 Å². The summed E-state index contributed by atoms with van der Waals surface area (Å²) in [4.78, 5) is 9.63. The highest BCUT2D eigenvalue weighted by Crippen LogP contribution is 2.28. The molecule has 0 fully saturated rings. The van der Waals surface area contributed by atoms with Gasteiger partial charge in [0.25, 0.3) is 0 Å². The molecule has 0 aromatic carbocycles. The first kappa shape index (κ1) is 14.0. The third-order valence-electron chi connectivity index (χ3n) is 4.15. The van der Waals surface area contributed by atoms with Crippen molar-refractivity contribution < 1.29 is 0 Å². The molecule has 0 aliphatic heterocycles. The lowest BCUT2D eigenvalue weighted by Gasteiger charge is -2.12. The van der Waals surface area contributed by atoms with Crippen LogP contribution in [0.25, 0.3) is 11.4 Å². The topological polar surface area (TPSA) is 55.6 Å². The van der Waals surface area contributed by atoms with E-state index < -0.39 is 0 Å². The van der Waals surface area contributed by atoms with E-state index in [4.69, 9.17) is 9.97 Å². The first-order valence-electron chi connectivity index (χ1n) is 7.83. The molecule has 2 aromatic heterocycles. The van der Waals surface area contributed by atoms with E-state index in [1.54, 1.807) is 0 Å². The summed E-state index contributed by atoms with van der Waals surface area (Å²) in [7, 11) is 3.90. The zero-order chi connectivity index (χ0) is 14.8. The minimum Gasteiger partial charge on any atom is -0.373 e. The molecule has 1 aliphatic rings. The highest BCUT2D eigenvalue weighted by molar-refractivity contribution is 5.61. The molecule has 0 radical (unpaired) electrons. The van der Waals surface area contributed by atoms with Crippen molar-refractivity contribution in [1.82, 2.24) is 19.7 Å². The maximum absolute atomic E-state index is 4.87. The number of nitrogens with zero attached hydrogens (tertiary/aromatic N) is 4. The van der Waals surface area contributed by atoms with E-state index in [1.807, 2.05) is 25.0 Å². The van der Waals surface area contributed by atoms with Crippen molar-refractivity contribution in [2.45, 2.75) is 45.4 Å². The lowest BCUT2D eigenvalue weighted by molar-refractivity contribution is 0.709. The molecule has 112 valence electrons. The Bertz CT molecular complexity index is 644. The van der Waals surface area contributed by atoms with Gasteiger partial charge in [-0.15, -0.1) is 0 Å². The monoisotopic (exact) mass is 285 g/mol. The lowest BCUT2D eigenvalue weighted by atomic mass is 10.1. The second kappa shape index (κ2) is 5.84. The molecule has 0 saturated heterocycles. The number of rotatable bonds is 3. The van der Waals surface area contributed by atoms with Gasteiger partial charge in [0.05, 0.1) is 11.3 Å². The van der Waals surface area contributed by atoms with Crippen molar-refractivity contribution in [2.24, 2.45) is 7.05 Å². The van der Waals surface area contributed by atoms with Crippen LogP contribution in [0.3, 0.4) is 0 Å². The van der Waals surface area contributed by atoms with Crippen LogP contribution in [0.5, 0.6) is 0 Å². The number of hydrogen-bond acceptors (Lipinski definition) is 4. The maximum Gasteiger partial charge on any atom is 0.165 e. The van der Waals surface area contributed by atoms with Gasteiger partial charge in [-0.3, -0.25) is 4.68 Å². The summed E-state index contributed by atoms with van der Waals surface area (Å²) in [5.74, 6) is 1.80. The van der Waals surface area contributed by atoms with Gasteiger partial charge in [0.15, 0.2) is 5.82 Å². The van der Waals surface area contributed by atoms with Crippen molar-refractivity contribution in [2.75, 3.05) is 12.4 Å². The normalized spacial score (nSPS) is 14.6. The van der Waals surface area contributed by atoms with Gasteiger partial charge in [-0.05, 0) is 32.1 Å². The van der Waals surface area contributed by atoms with E-state index in [0.717, 1.165) is 42.2 Å². The van der Waals surface area contributed by atoms with Gasteiger partial charge in [-0.1, -0.05) is 13.3 Å². The fourth-order valence-corrected chi connectivity index (χ4v) is 3.08. The first-order chi connectivity index (χ1) is 10.2. The quantitative estimate of drug-likeness (QED) is 0.881. The second-order valence-corrected chi connectivity index (χ2v) is 5.65. The molecule has 0 bridgehead atoms. The molecule has 0 saturated carbocycles. The number of aryl methyl sites for hydroxylation is 3. The molecule has 1 N–H and O–H groups in total. The second-order valence-electron chi connectivity index (χ2n) is 5.65. The summed E-state index contributed by atoms with van der Waals surface area (Å²) in [6.45, 7) is 2.12. The van der Waals surface area contributed by atoms with Crippen LogP contribution in [0, 0.1) is 0 Å². The summed E-state index contributed by atoms with van der Waals surface area (Å²) in [6, 6.07) is 0. The molecule has 0 amide bonds. The van der Waals surface area contributed by atoms with E-state index in [1.165, 1.54) is 30.5 Å². The zero-order valence-electron chi connectivity index (χ0n) is 13.1. The van der Waals surface area contributed by atoms with Crippen molar-refractivity contribution in [3.8, 4) is 11.4 Å². The summed E-state index contributed by atoms with van der Waals surface area (Å²) in [6.07, 6.45) is 8.79. The van der Waals surface area contributed by atoms with Crippen LogP contribution in [0.2, 0.25) is 0 Å². The Morgan fingerprint density at radius 3 is 2.76 bits per heavy atom. The summed E-state index contributed by atoms with van der Waals surface area (Å²) in [5, 5.41) is 7.77. The van der Waals surface area contributed by atoms with Crippen molar-refractivity contribution in [1.29, 1.82) is 0 Å². The standard InChI is InChI=1S/C16H23N5/c1-4-13-12(10-21(3)20-13)16-18-14-9-7-5-6-8-11(14)15(17-2)19-16/h10H,4-9H2,1-3H3,(H,17,18,19). The molecule has 0 spiro atoms. The maximum atomic E-state index is 4.87. The predicted molar refractivity (Wildman–Crippen MR) is 84.4 cm³/mol. The minimum absolute atomic E-state index is 0.810. The Morgan fingerprint density at radius 1 is 1.19 bits per heavy atom. The van der Waals surface area contributed by atoms with Gasteiger partial charge in [-0.25, -0.2) is 9.97 Å². The van der Waals surface area contributed by atoms with Gasteiger partial charge in [0, 0.05) is 31.5 Å². The van der Waals surface area contributed by atoms with Crippen LogP contribution in [-0.4, -0.2) is 26.8 Å². The van der Waals surface area contributed by atoms with Gasteiger partial charge in [0.2, 0.25) is 0 Å². The molecule has 0 atom stereocenters. The van der Waals surface area contributed by atoms with Crippen LogP contribution >= 0.6 is 0 Å². The van der Waals surface area contributed by atoms with Crippen LogP contribution in [0.1, 0.15) is 43.1 Å². The van der Waals surface area contributed by atoms with E-state index in [0.29, 0.717) is 0 Å². The fourth-order valence-electron chi connectivity index (χ4n) is 3.08. The summed E-state index contributed by atoms with van der Waals surface area (Å²) in [5.41, 5.74) is 4.64. The molecular weight excluding hydrogens is 262 g/mol. The number of hydrogen-bond donors (Lipinski definition) is 1. The van der Waals surface area contributed by atoms with E-state index in [-0.39, 0.29) is 0 Å². The van der Waals surface area contributed by atoms with Crippen LogP contribution in [0.15, 0.2) is 6.20 Å². The van der Waals surface area contributed by atoms with Crippen LogP contribution in [0.4, 0.5) is 5.82 Å². The summed E-state index contributed by atoms with van der Waals surface area (Å²) < 4.78 is 1.85. The Kier molecular flexibility index (Phi) is 3.90. The van der Waals surface area contributed by atoms with Crippen molar-refractivity contribution in [3.05, 3.63) is 23.1 Å². The van der Waals surface area contributed by atoms with E-state index >= 15 is 0 Å². The van der Waals surface area contributed by atoms with Crippen LogP contribution in [-0.2, 0) is 26.3 Å². The van der Waals surface area contributed by atoms with Gasteiger partial charge in [-0.2, -0.15) is 5.10 Å². The number of nitrogens with one attached hydrogen (secondary N) is 1. The first-order valence-corrected chi connectivity index (χ1v) is 7.83. The Morgan fingerprint density at radius 2 is 2.00 bits per heavy atom. The molecule has 0 unspecified atom stereocenters. The third kappa shape index (κ3) is 2.64. The highest BCUT2D eigenvalue weighted by atomic mass is 15.3. The average Bonchev–Trinajstić information content (AvgIpc) is 2.72. The molecule has 1 aliphatic carbocycles. The minimum atomic E-state index is 0.810. The van der Waals surface area contributed by atoms with Crippen molar-refractivity contribution in [3.63, 3.8) is 0 Å². The molecule has 21 heavy (non-hydrogen) atoms. The Balaban J connectivity index is 2.13. The highest BCUT2D eigenvalue weighted by Gasteiger charge is 2.19. The number of anilines is 1. The number of fused-ring (bicyclic) bond motifs is 1. The number of aromatic nitrogens is 4. The molecule has 5 heteroatoms. The molecule has 3 rings (SSSR count). The SMILES string of the molecule is CCc1nn(C)cc1-c1nc2c(c(NC)n1)CCCCC2. The Hall–Kier alpha value is -1.91. The Labute approximate surface area is 125 Å². The third-order valence-corrected chi connectivity index (χ3v) is 4.15. The fraction of sp³-hybridized carbons (Fsp3) is 0.562. The smallest absolute Gasteiger partial charge is 0.165 e. The largest absolute Gasteiger partial charge is 0.373 e. The van der Waals surface area contributed by atoms with Gasteiger partial charge in [0.1, 0.15) is 5.82 Å². The van der Waals surface area contributed by atoms with Gasteiger partial charge >= 0.3 is 0 Å². The van der Waals surface area contributed by atoms with Crippen LogP contribution < -0.4 is 5.32 Å². The lowest BCUT2D eigenvalue weighted by Crippen LogP contribution is -2.07. The molecule has 5 nitrogen and oxygen atoms in total. The van der Waals surface area contributed by atoms with E-state index in [9.17, 15) is 0 Å². The molecule has 2 aromatic rings. The average molecular weight is 285 g/mol. The molecular formula is C16H23N5. The predicted octanol–water partition coefficient (Wildman–Crippen LogP) is 2.75. The zero-order valence-corrected chi connectivity index (χ0v) is 13.1.